The first-order chi connectivity index (χ1) is 13.0. The van der Waals surface area contributed by atoms with Gasteiger partial charge in [0.1, 0.15) is 0 Å². The molecule has 2 amide bonds. The molecule has 2 fully saturated rings. The highest BCUT2D eigenvalue weighted by atomic mass is 16.5. The Balaban J connectivity index is 1.65. The van der Waals surface area contributed by atoms with Gasteiger partial charge in [0.05, 0.1) is 18.6 Å². The van der Waals surface area contributed by atoms with Crippen molar-refractivity contribution >= 4 is 23.5 Å². The van der Waals surface area contributed by atoms with Gasteiger partial charge in [-0.1, -0.05) is 25.3 Å². The Bertz CT molecular complexity index is 706. The molecule has 7 nitrogen and oxygen atoms in total. The fourth-order valence-corrected chi connectivity index (χ4v) is 3.89. The Kier molecular flexibility index (Phi) is 6.11. The van der Waals surface area contributed by atoms with E-state index in [1.165, 1.54) is 0 Å². The van der Waals surface area contributed by atoms with Gasteiger partial charge < -0.3 is 20.1 Å². The lowest BCUT2D eigenvalue weighted by atomic mass is 9.71. The number of hydrogen-bond donors (Lipinski definition) is 2. The Hall–Kier alpha value is -2.41. The molecule has 0 spiro atoms. The van der Waals surface area contributed by atoms with Gasteiger partial charge in [-0.15, -0.1) is 0 Å². The highest BCUT2D eigenvalue weighted by molar-refractivity contribution is 5.98. The van der Waals surface area contributed by atoms with Crippen LogP contribution in [0.5, 0.6) is 0 Å². The molecule has 0 unspecified atom stereocenters. The van der Waals surface area contributed by atoms with E-state index in [1.807, 2.05) is 0 Å². The smallest absolute Gasteiger partial charge is 0.310 e. The standard InChI is InChI=1S/C20H26N2O5/c23-17(14-20(19(25)26)7-2-1-3-8-20)21-16-6-4-5-15(13-16)18(24)22-9-11-27-12-10-22/h4-6,13H,1-3,7-12,14H2,(H,21,23)(H,25,26). The number of morpholine rings is 1. The largest absolute Gasteiger partial charge is 0.481 e. The molecule has 1 aromatic rings. The minimum atomic E-state index is -0.969. The van der Waals surface area contributed by atoms with Crippen LogP contribution in [0.4, 0.5) is 5.69 Å². The monoisotopic (exact) mass is 374 g/mol. The van der Waals surface area contributed by atoms with E-state index in [1.54, 1.807) is 29.2 Å². The highest BCUT2D eigenvalue weighted by Crippen LogP contribution is 2.39. The zero-order valence-electron chi connectivity index (χ0n) is 15.4. The first-order valence-corrected chi connectivity index (χ1v) is 9.50. The van der Waals surface area contributed by atoms with Crippen molar-refractivity contribution in [2.75, 3.05) is 31.6 Å². The van der Waals surface area contributed by atoms with Crippen molar-refractivity contribution in [3.8, 4) is 0 Å². The second kappa shape index (κ2) is 8.52. The molecular formula is C20H26N2O5. The van der Waals surface area contributed by atoms with Gasteiger partial charge in [-0.3, -0.25) is 14.4 Å². The molecule has 0 atom stereocenters. The first kappa shape index (κ1) is 19.4. The molecule has 0 radical (unpaired) electrons. The number of amides is 2. The van der Waals surface area contributed by atoms with E-state index in [9.17, 15) is 19.5 Å². The molecule has 1 aliphatic carbocycles. The quantitative estimate of drug-likeness (QED) is 0.826. The minimum Gasteiger partial charge on any atom is -0.481 e. The zero-order chi connectivity index (χ0) is 19.3. The summed E-state index contributed by atoms with van der Waals surface area (Å²) >= 11 is 0. The van der Waals surface area contributed by atoms with Gasteiger partial charge in [-0.25, -0.2) is 0 Å². The molecule has 7 heteroatoms. The maximum atomic E-state index is 12.6. The van der Waals surface area contributed by atoms with E-state index in [0.29, 0.717) is 50.4 Å². The third-order valence-corrected chi connectivity index (χ3v) is 5.45. The van der Waals surface area contributed by atoms with Crippen molar-refractivity contribution in [1.82, 2.24) is 4.90 Å². The van der Waals surface area contributed by atoms with Gasteiger partial charge in [0.2, 0.25) is 5.91 Å². The predicted molar refractivity (Wildman–Crippen MR) is 99.6 cm³/mol. The van der Waals surface area contributed by atoms with Gasteiger partial charge in [0.15, 0.2) is 0 Å². The van der Waals surface area contributed by atoms with Crippen LogP contribution in [0.25, 0.3) is 0 Å². The number of ether oxygens (including phenoxy) is 1. The van der Waals surface area contributed by atoms with Crippen molar-refractivity contribution in [2.24, 2.45) is 5.41 Å². The number of hydrogen-bond acceptors (Lipinski definition) is 4. The Morgan fingerprint density at radius 2 is 1.81 bits per heavy atom. The Morgan fingerprint density at radius 1 is 1.11 bits per heavy atom. The van der Waals surface area contributed by atoms with Gasteiger partial charge in [-0.05, 0) is 31.0 Å². The summed E-state index contributed by atoms with van der Waals surface area (Å²) in [6, 6.07) is 6.79. The van der Waals surface area contributed by atoms with Crippen LogP contribution in [0, 0.1) is 5.41 Å². The number of carboxylic acid groups (broad SMARTS) is 1. The van der Waals surface area contributed by atoms with E-state index < -0.39 is 11.4 Å². The highest BCUT2D eigenvalue weighted by Gasteiger charge is 2.41. The molecule has 3 rings (SSSR count). The summed E-state index contributed by atoms with van der Waals surface area (Å²) in [5, 5.41) is 12.4. The molecule has 1 saturated heterocycles. The van der Waals surface area contributed by atoms with Crippen molar-refractivity contribution in [1.29, 1.82) is 0 Å². The molecule has 2 N–H and O–H groups in total. The summed E-state index contributed by atoms with van der Waals surface area (Å²) in [5.74, 6) is -1.31. The van der Waals surface area contributed by atoms with Crippen molar-refractivity contribution in [3.63, 3.8) is 0 Å². The number of carboxylic acids is 1. The lowest BCUT2D eigenvalue weighted by Crippen LogP contribution is -2.40. The normalized spacial score (nSPS) is 19.3. The number of nitrogens with one attached hydrogen (secondary N) is 1. The molecule has 0 bridgehead atoms. The molecule has 1 saturated carbocycles. The van der Waals surface area contributed by atoms with E-state index in [2.05, 4.69) is 5.32 Å². The number of anilines is 1. The summed E-state index contributed by atoms with van der Waals surface area (Å²) < 4.78 is 5.26. The number of nitrogens with zero attached hydrogens (tertiary/aromatic N) is 1. The SMILES string of the molecule is O=C(CC1(C(=O)O)CCCCC1)Nc1cccc(C(=O)N2CCOCC2)c1. The van der Waals surface area contributed by atoms with Crippen LogP contribution in [-0.4, -0.2) is 54.1 Å². The van der Waals surface area contributed by atoms with Crippen molar-refractivity contribution in [3.05, 3.63) is 29.8 Å². The summed E-state index contributed by atoms with van der Waals surface area (Å²) in [7, 11) is 0. The van der Waals surface area contributed by atoms with E-state index >= 15 is 0 Å². The lowest BCUT2D eigenvalue weighted by Gasteiger charge is -2.32. The summed E-state index contributed by atoms with van der Waals surface area (Å²) in [5.41, 5.74) is 0.0413. The number of carbonyl (C=O) groups is 3. The van der Waals surface area contributed by atoms with Gasteiger partial charge in [0.25, 0.3) is 5.91 Å². The van der Waals surface area contributed by atoms with Crippen LogP contribution in [0.3, 0.4) is 0 Å². The number of benzene rings is 1. The fraction of sp³-hybridized carbons (Fsp3) is 0.550. The molecule has 2 aliphatic rings. The van der Waals surface area contributed by atoms with Gasteiger partial charge in [0, 0.05) is 30.8 Å². The summed E-state index contributed by atoms with van der Waals surface area (Å²) in [4.78, 5) is 38.5. The molecular weight excluding hydrogens is 348 g/mol. The Morgan fingerprint density at radius 3 is 2.48 bits per heavy atom. The van der Waals surface area contributed by atoms with Gasteiger partial charge >= 0.3 is 5.97 Å². The maximum Gasteiger partial charge on any atom is 0.310 e. The van der Waals surface area contributed by atoms with Gasteiger partial charge in [-0.2, -0.15) is 0 Å². The van der Waals surface area contributed by atoms with Crippen LogP contribution in [-0.2, 0) is 14.3 Å². The molecule has 27 heavy (non-hydrogen) atoms. The van der Waals surface area contributed by atoms with Crippen LogP contribution < -0.4 is 5.32 Å². The first-order valence-electron chi connectivity index (χ1n) is 9.50. The lowest BCUT2D eigenvalue weighted by molar-refractivity contribution is -0.153. The maximum absolute atomic E-state index is 12.6. The average Bonchev–Trinajstić information content (AvgIpc) is 2.69. The number of rotatable bonds is 5. The van der Waals surface area contributed by atoms with Crippen LogP contribution in [0.1, 0.15) is 48.9 Å². The zero-order valence-corrected chi connectivity index (χ0v) is 15.4. The third-order valence-electron chi connectivity index (χ3n) is 5.45. The Labute approximate surface area is 158 Å². The molecule has 0 aromatic heterocycles. The second-order valence-corrected chi connectivity index (χ2v) is 7.36. The summed E-state index contributed by atoms with van der Waals surface area (Å²) in [6.45, 7) is 2.16. The molecule has 146 valence electrons. The molecule has 1 aromatic carbocycles. The van der Waals surface area contributed by atoms with E-state index in [0.717, 1.165) is 19.3 Å². The molecule has 1 heterocycles. The van der Waals surface area contributed by atoms with Crippen molar-refractivity contribution in [2.45, 2.75) is 38.5 Å². The van der Waals surface area contributed by atoms with Crippen LogP contribution >= 0.6 is 0 Å². The molecule has 1 aliphatic heterocycles. The van der Waals surface area contributed by atoms with Crippen LogP contribution in [0.2, 0.25) is 0 Å². The van der Waals surface area contributed by atoms with Crippen LogP contribution in [0.15, 0.2) is 24.3 Å². The number of carbonyl (C=O) groups excluding carboxylic acids is 2. The van der Waals surface area contributed by atoms with Crippen molar-refractivity contribution < 1.29 is 24.2 Å². The third kappa shape index (κ3) is 4.66. The van der Waals surface area contributed by atoms with E-state index in [4.69, 9.17) is 4.74 Å². The van der Waals surface area contributed by atoms with E-state index in [-0.39, 0.29) is 18.2 Å². The minimum absolute atomic E-state index is 0.0377. The average molecular weight is 374 g/mol. The second-order valence-electron chi connectivity index (χ2n) is 7.36. The number of aliphatic carboxylic acids is 1. The predicted octanol–water partition coefficient (Wildman–Crippen LogP) is 2.52. The summed E-state index contributed by atoms with van der Waals surface area (Å²) in [6.07, 6.45) is 3.72. The fourth-order valence-electron chi connectivity index (χ4n) is 3.89. The topological polar surface area (TPSA) is 95.9 Å².